The SMILES string of the molecule is CCNC(C)(C#N)COc1ccc(C)cc1OC. The molecule has 0 aliphatic heterocycles. The summed E-state index contributed by atoms with van der Waals surface area (Å²) in [5, 5.41) is 12.2. The Labute approximate surface area is 109 Å². The second kappa shape index (κ2) is 6.27. The van der Waals surface area contributed by atoms with Crippen molar-refractivity contribution in [1.29, 1.82) is 5.26 Å². The Morgan fingerprint density at radius 3 is 2.67 bits per heavy atom. The van der Waals surface area contributed by atoms with Crippen molar-refractivity contribution in [2.75, 3.05) is 20.3 Å². The number of likely N-dealkylation sites (N-methyl/N-ethyl adjacent to an activating group) is 1. The minimum absolute atomic E-state index is 0.275. The van der Waals surface area contributed by atoms with Crippen molar-refractivity contribution in [3.05, 3.63) is 23.8 Å². The van der Waals surface area contributed by atoms with E-state index in [2.05, 4.69) is 11.4 Å². The van der Waals surface area contributed by atoms with Crippen LogP contribution in [0.1, 0.15) is 19.4 Å². The van der Waals surface area contributed by atoms with E-state index >= 15 is 0 Å². The highest BCUT2D eigenvalue weighted by molar-refractivity contribution is 5.42. The molecular weight excluding hydrogens is 228 g/mol. The van der Waals surface area contributed by atoms with Crippen LogP contribution in [-0.2, 0) is 0 Å². The molecule has 0 aliphatic rings. The van der Waals surface area contributed by atoms with Gasteiger partial charge in [0.1, 0.15) is 12.1 Å². The number of aryl methyl sites for hydroxylation is 1. The lowest BCUT2D eigenvalue weighted by molar-refractivity contribution is 0.227. The van der Waals surface area contributed by atoms with Crippen LogP contribution in [-0.4, -0.2) is 25.8 Å². The molecule has 0 aliphatic carbocycles. The molecule has 0 amide bonds. The van der Waals surface area contributed by atoms with Crippen LogP contribution < -0.4 is 14.8 Å². The molecular formula is C14H20N2O2. The second-order valence-electron chi connectivity index (χ2n) is 4.42. The van der Waals surface area contributed by atoms with E-state index in [4.69, 9.17) is 14.7 Å². The maximum Gasteiger partial charge on any atom is 0.161 e. The molecule has 0 radical (unpaired) electrons. The molecule has 1 N–H and O–H groups in total. The monoisotopic (exact) mass is 248 g/mol. The lowest BCUT2D eigenvalue weighted by Crippen LogP contribution is -2.46. The molecule has 1 rings (SSSR count). The molecule has 0 saturated carbocycles. The summed E-state index contributed by atoms with van der Waals surface area (Å²) in [5.74, 6) is 1.34. The first kappa shape index (κ1) is 14.3. The van der Waals surface area contributed by atoms with Crippen molar-refractivity contribution < 1.29 is 9.47 Å². The standard InChI is InChI=1S/C14H20N2O2/c1-5-16-14(3,9-15)10-18-12-7-6-11(2)8-13(12)17-4/h6-8,16H,5,10H2,1-4H3. The van der Waals surface area contributed by atoms with E-state index in [0.717, 1.165) is 12.1 Å². The van der Waals surface area contributed by atoms with E-state index in [0.29, 0.717) is 11.5 Å². The zero-order chi connectivity index (χ0) is 13.6. The van der Waals surface area contributed by atoms with Crippen LogP contribution in [0, 0.1) is 18.3 Å². The highest BCUT2D eigenvalue weighted by Gasteiger charge is 2.23. The summed E-state index contributed by atoms with van der Waals surface area (Å²) in [6.45, 7) is 6.76. The number of nitriles is 1. The van der Waals surface area contributed by atoms with Crippen molar-refractivity contribution in [3.8, 4) is 17.6 Å². The quantitative estimate of drug-likeness (QED) is 0.839. The van der Waals surface area contributed by atoms with Crippen molar-refractivity contribution in [3.63, 3.8) is 0 Å². The summed E-state index contributed by atoms with van der Waals surface area (Å²) in [7, 11) is 1.61. The van der Waals surface area contributed by atoms with Gasteiger partial charge in [-0.1, -0.05) is 13.0 Å². The van der Waals surface area contributed by atoms with E-state index in [1.165, 1.54) is 0 Å². The predicted octanol–water partition coefficient (Wildman–Crippen LogP) is 2.27. The summed E-state index contributed by atoms with van der Waals surface area (Å²) < 4.78 is 10.9. The fourth-order valence-corrected chi connectivity index (χ4v) is 1.63. The third-order valence-corrected chi connectivity index (χ3v) is 2.65. The van der Waals surface area contributed by atoms with E-state index < -0.39 is 5.54 Å². The molecule has 0 aromatic heterocycles. The Balaban J connectivity index is 2.77. The molecule has 4 heteroatoms. The zero-order valence-corrected chi connectivity index (χ0v) is 11.4. The van der Waals surface area contributed by atoms with Crippen molar-refractivity contribution in [2.45, 2.75) is 26.3 Å². The van der Waals surface area contributed by atoms with Gasteiger partial charge in [0.2, 0.25) is 0 Å². The maximum absolute atomic E-state index is 9.14. The van der Waals surface area contributed by atoms with Gasteiger partial charge in [-0.25, -0.2) is 0 Å². The molecule has 1 unspecified atom stereocenters. The Kier molecular flexibility index (Phi) is 4.99. The minimum Gasteiger partial charge on any atom is -0.493 e. The fourth-order valence-electron chi connectivity index (χ4n) is 1.63. The predicted molar refractivity (Wildman–Crippen MR) is 70.9 cm³/mol. The minimum atomic E-state index is -0.690. The first-order valence-corrected chi connectivity index (χ1v) is 5.98. The van der Waals surface area contributed by atoms with Crippen LogP contribution in [0.4, 0.5) is 0 Å². The lowest BCUT2D eigenvalue weighted by atomic mass is 10.1. The molecule has 0 heterocycles. The Hall–Kier alpha value is -1.73. The van der Waals surface area contributed by atoms with Gasteiger partial charge in [-0.15, -0.1) is 0 Å². The van der Waals surface area contributed by atoms with Crippen LogP contribution in [0.15, 0.2) is 18.2 Å². The molecule has 0 saturated heterocycles. The van der Waals surface area contributed by atoms with E-state index in [1.54, 1.807) is 7.11 Å². The number of methoxy groups -OCH3 is 1. The molecule has 0 bridgehead atoms. The van der Waals surface area contributed by atoms with Gasteiger partial charge in [-0.3, -0.25) is 5.32 Å². The van der Waals surface area contributed by atoms with Crippen molar-refractivity contribution in [1.82, 2.24) is 5.32 Å². The summed E-state index contributed by atoms with van der Waals surface area (Å²) in [5.41, 5.74) is 0.416. The lowest BCUT2D eigenvalue weighted by Gasteiger charge is -2.23. The largest absolute Gasteiger partial charge is 0.493 e. The molecule has 98 valence electrons. The van der Waals surface area contributed by atoms with Crippen molar-refractivity contribution >= 4 is 0 Å². The number of rotatable bonds is 6. The fraction of sp³-hybridized carbons (Fsp3) is 0.500. The molecule has 1 aromatic carbocycles. The van der Waals surface area contributed by atoms with Crippen LogP contribution in [0.2, 0.25) is 0 Å². The van der Waals surface area contributed by atoms with Crippen LogP contribution >= 0.6 is 0 Å². The molecule has 18 heavy (non-hydrogen) atoms. The number of ether oxygens (including phenoxy) is 2. The molecule has 1 aromatic rings. The van der Waals surface area contributed by atoms with Gasteiger partial charge < -0.3 is 9.47 Å². The van der Waals surface area contributed by atoms with Gasteiger partial charge in [0.05, 0.1) is 13.2 Å². The van der Waals surface area contributed by atoms with Crippen LogP contribution in [0.3, 0.4) is 0 Å². The third-order valence-electron chi connectivity index (χ3n) is 2.65. The highest BCUT2D eigenvalue weighted by Crippen LogP contribution is 2.28. The van der Waals surface area contributed by atoms with Gasteiger partial charge in [0, 0.05) is 0 Å². The molecule has 1 atom stereocenters. The third kappa shape index (κ3) is 3.64. The average molecular weight is 248 g/mol. The average Bonchev–Trinajstić information content (AvgIpc) is 2.37. The number of hydrogen-bond donors (Lipinski definition) is 1. The van der Waals surface area contributed by atoms with Crippen molar-refractivity contribution in [2.24, 2.45) is 0 Å². The van der Waals surface area contributed by atoms with E-state index in [1.807, 2.05) is 39.0 Å². The maximum atomic E-state index is 9.14. The summed E-state index contributed by atoms with van der Waals surface area (Å²) >= 11 is 0. The first-order chi connectivity index (χ1) is 8.54. The summed E-state index contributed by atoms with van der Waals surface area (Å²) in [4.78, 5) is 0. The van der Waals surface area contributed by atoms with Gasteiger partial charge >= 0.3 is 0 Å². The van der Waals surface area contributed by atoms with Gasteiger partial charge in [-0.2, -0.15) is 5.26 Å². The van der Waals surface area contributed by atoms with Gasteiger partial charge in [-0.05, 0) is 38.1 Å². The zero-order valence-electron chi connectivity index (χ0n) is 11.4. The Bertz CT molecular complexity index is 440. The Morgan fingerprint density at radius 1 is 1.39 bits per heavy atom. The normalized spacial score (nSPS) is 13.5. The first-order valence-electron chi connectivity index (χ1n) is 5.98. The number of nitrogens with zero attached hydrogens (tertiary/aromatic N) is 1. The molecule has 4 nitrogen and oxygen atoms in total. The number of benzene rings is 1. The van der Waals surface area contributed by atoms with Gasteiger partial charge in [0.15, 0.2) is 11.5 Å². The Morgan fingerprint density at radius 2 is 2.11 bits per heavy atom. The summed E-state index contributed by atoms with van der Waals surface area (Å²) in [6, 6.07) is 7.94. The second-order valence-corrected chi connectivity index (χ2v) is 4.42. The van der Waals surface area contributed by atoms with E-state index in [-0.39, 0.29) is 6.61 Å². The van der Waals surface area contributed by atoms with Crippen LogP contribution in [0.5, 0.6) is 11.5 Å². The topological polar surface area (TPSA) is 54.3 Å². The number of nitrogens with one attached hydrogen (secondary N) is 1. The molecule has 0 fully saturated rings. The summed E-state index contributed by atoms with van der Waals surface area (Å²) in [6.07, 6.45) is 0. The van der Waals surface area contributed by atoms with E-state index in [9.17, 15) is 0 Å². The molecule has 0 spiro atoms. The highest BCUT2D eigenvalue weighted by atomic mass is 16.5. The number of hydrogen-bond acceptors (Lipinski definition) is 4. The van der Waals surface area contributed by atoms with Gasteiger partial charge in [0.25, 0.3) is 0 Å². The smallest absolute Gasteiger partial charge is 0.161 e. The van der Waals surface area contributed by atoms with Crippen LogP contribution in [0.25, 0.3) is 0 Å².